The lowest BCUT2D eigenvalue weighted by atomic mass is 9.97. The number of nitrogens with one attached hydrogen (secondary N) is 1. The summed E-state index contributed by atoms with van der Waals surface area (Å²) in [6.45, 7) is 8.73. The van der Waals surface area contributed by atoms with Crippen LogP contribution in [-0.2, 0) is 6.54 Å². The Morgan fingerprint density at radius 1 is 0.716 bits per heavy atom. The van der Waals surface area contributed by atoms with Crippen LogP contribution in [0.5, 0.6) is 11.5 Å². The summed E-state index contributed by atoms with van der Waals surface area (Å²) < 4.78 is 15.2. The van der Waals surface area contributed by atoms with Crippen LogP contribution in [0.25, 0.3) is 44.5 Å². The Morgan fingerprint density at radius 3 is 1.91 bits per heavy atom. The summed E-state index contributed by atoms with van der Waals surface area (Å²) in [6.07, 6.45) is 1.60. The molecule has 0 unspecified atom stereocenters. The van der Waals surface area contributed by atoms with Crippen LogP contribution in [-0.4, -0.2) is 121 Å². The van der Waals surface area contributed by atoms with Gasteiger partial charge < -0.3 is 40.9 Å². The maximum Gasteiger partial charge on any atom is 0.325 e. The number of amides is 4. The van der Waals surface area contributed by atoms with Gasteiger partial charge in [0.25, 0.3) is 0 Å². The number of aromatic hydroxyl groups is 2. The molecule has 0 spiro atoms. The molecular weight excluding hydrogens is 895 g/mol. The summed E-state index contributed by atoms with van der Waals surface area (Å²) in [7, 11) is 1.86. The number of hydrogen-bond donors (Lipinski definition) is 4. The molecule has 5 heterocycles. The molecule has 14 nitrogen and oxygen atoms in total. The summed E-state index contributed by atoms with van der Waals surface area (Å²) in [5, 5.41) is 27.5. The molecule has 0 saturated carbocycles. The van der Waals surface area contributed by atoms with Crippen LogP contribution in [0.15, 0.2) is 97.2 Å². The van der Waals surface area contributed by atoms with Crippen molar-refractivity contribution < 1.29 is 24.2 Å². The first kappa shape index (κ1) is 45.5. The Hall–Kier alpha value is -6.65. The molecule has 9 rings (SSSR count). The van der Waals surface area contributed by atoms with Gasteiger partial charge in [-0.3, -0.25) is 9.80 Å². The zero-order chi connectivity index (χ0) is 46.9. The fraction of sp³-hybridized carbons (Fsp3) is 0.280. The molecule has 5 N–H and O–H groups in total. The number of carbonyl (C=O) groups excluding carboxylic acids is 2. The SMILES string of the molecule is CCN1CCN(c2ccc(-c3cccc(-c4cc(CN5CCN(c6ccc(-c7cc(F)cc(-c8ccnc(N(C)CCN)c8)c7O)cc6Cl)C5=O)nc(N5CCNCC5)c4)c3O)cc2Cl)C1=O. The normalized spacial score (nSPS) is 15.3. The summed E-state index contributed by atoms with van der Waals surface area (Å²) in [4.78, 5) is 47.4. The van der Waals surface area contributed by atoms with Crippen LogP contribution in [0.3, 0.4) is 0 Å². The highest BCUT2D eigenvalue weighted by Crippen LogP contribution is 2.44. The molecule has 3 saturated heterocycles. The molecule has 2 aromatic heterocycles. The van der Waals surface area contributed by atoms with Crippen LogP contribution < -0.4 is 30.7 Å². The Morgan fingerprint density at radius 2 is 1.30 bits per heavy atom. The summed E-state index contributed by atoms with van der Waals surface area (Å²) in [5.74, 6) is 0.756. The number of benzene rings is 4. The van der Waals surface area contributed by atoms with Crippen molar-refractivity contribution in [3.05, 3.63) is 119 Å². The van der Waals surface area contributed by atoms with Crippen molar-refractivity contribution in [2.75, 3.05) is 98.6 Å². The molecule has 0 bridgehead atoms. The first-order chi connectivity index (χ1) is 32.4. The fourth-order valence-electron chi connectivity index (χ4n) is 9.05. The van der Waals surface area contributed by atoms with Gasteiger partial charge in [0.15, 0.2) is 0 Å². The molecule has 0 aliphatic carbocycles. The maximum absolute atomic E-state index is 15.2. The van der Waals surface area contributed by atoms with Gasteiger partial charge >= 0.3 is 12.1 Å². The van der Waals surface area contributed by atoms with E-state index in [0.29, 0.717) is 107 Å². The van der Waals surface area contributed by atoms with Crippen LogP contribution in [0.1, 0.15) is 12.6 Å². The number of halogens is 3. The monoisotopic (exact) mass is 944 g/mol. The van der Waals surface area contributed by atoms with Crippen molar-refractivity contribution in [1.82, 2.24) is 25.1 Å². The lowest BCUT2D eigenvalue weighted by molar-refractivity contribution is 0.218. The molecule has 4 amide bonds. The number of likely N-dealkylation sites (N-methyl/N-ethyl adjacent to an activating group) is 2. The summed E-state index contributed by atoms with van der Waals surface area (Å²) in [5.41, 5.74) is 11.7. The van der Waals surface area contributed by atoms with Crippen molar-refractivity contribution in [2.24, 2.45) is 5.73 Å². The van der Waals surface area contributed by atoms with Gasteiger partial charge in [0.2, 0.25) is 0 Å². The minimum atomic E-state index is -0.543. The number of aromatic nitrogens is 2. The Labute approximate surface area is 398 Å². The van der Waals surface area contributed by atoms with Crippen LogP contribution in [0.4, 0.5) is 37.0 Å². The Bertz CT molecular complexity index is 2860. The number of phenols is 2. The lowest BCUT2D eigenvalue weighted by Gasteiger charge is -2.29. The van der Waals surface area contributed by atoms with E-state index < -0.39 is 5.82 Å². The van der Waals surface area contributed by atoms with Crippen molar-refractivity contribution >= 4 is 58.3 Å². The van der Waals surface area contributed by atoms with Crippen molar-refractivity contribution in [1.29, 1.82) is 0 Å². The third kappa shape index (κ3) is 9.11. The number of hydrogen-bond acceptors (Lipinski definition) is 10. The lowest BCUT2D eigenvalue weighted by Crippen LogP contribution is -2.44. The molecule has 3 aliphatic rings. The standard InChI is InChI=1S/C50H51Cl2FN10O4/c1-3-59-19-21-62(49(59)66)43-9-7-31(24-41(43)51)37-5-4-6-38(47(37)64)34-23-36(57-46(27-34)60-17-14-55-15-18-60)30-61-20-22-63(50(61)67)44-10-8-32(25-42(44)52)39-28-35(53)29-40(48(39)65)33-11-13-56-45(26-33)58(2)16-12-54/h4-11,13,23-29,55,64-65H,3,12,14-22,30,54H2,1-2H3. The number of rotatable bonds is 13. The predicted octanol–water partition coefficient (Wildman–Crippen LogP) is 8.51. The van der Waals surface area contributed by atoms with Gasteiger partial charge in [0.1, 0.15) is 29.0 Å². The molecule has 0 atom stereocenters. The number of phenolic OH excluding ortho intramolecular Hbond substituents is 2. The van der Waals surface area contributed by atoms with Crippen molar-refractivity contribution in [2.45, 2.75) is 13.5 Å². The van der Waals surface area contributed by atoms with E-state index in [1.54, 1.807) is 62.2 Å². The van der Waals surface area contributed by atoms with Gasteiger partial charge in [0, 0.05) is 107 Å². The Kier molecular flexibility index (Phi) is 13.1. The molecular formula is C50H51Cl2FN10O4. The second kappa shape index (κ2) is 19.3. The second-order valence-electron chi connectivity index (χ2n) is 16.8. The van der Waals surface area contributed by atoms with Crippen LogP contribution in [0.2, 0.25) is 10.0 Å². The van der Waals surface area contributed by atoms with Crippen LogP contribution >= 0.6 is 23.2 Å². The number of piperazine rings is 1. The van der Waals surface area contributed by atoms with Crippen molar-refractivity contribution in [3.63, 3.8) is 0 Å². The van der Waals surface area contributed by atoms with Gasteiger partial charge in [-0.1, -0.05) is 53.5 Å². The topological polar surface area (TPSA) is 158 Å². The summed E-state index contributed by atoms with van der Waals surface area (Å²) in [6, 6.07) is 25.6. The number of anilines is 4. The molecule has 3 aliphatic heterocycles. The largest absolute Gasteiger partial charge is 0.507 e. The minimum Gasteiger partial charge on any atom is -0.507 e. The molecule has 346 valence electrons. The van der Waals surface area contributed by atoms with Gasteiger partial charge in [0.05, 0.1) is 33.7 Å². The highest BCUT2D eigenvalue weighted by atomic mass is 35.5. The number of pyridine rings is 2. The van der Waals surface area contributed by atoms with Gasteiger partial charge in [-0.05, 0) is 89.8 Å². The van der Waals surface area contributed by atoms with E-state index >= 15 is 4.39 Å². The van der Waals surface area contributed by atoms with Gasteiger partial charge in [-0.25, -0.2) is 23.9 Å². The number of nitrogens with zero attached hydrogens (tertiary/aromatic N) is 8. The first-order valence-electron chi connectivity index (χ1n) is 22.3. The summed E-state index contributed by atoms with van der Waals surface area (Å²) >= 11 is 13.7. The quantitative estimate of drug-likeness (QED) is 0.0885. The maximum atomic E-state index is 15.2. The van der Waals surface area contributed by atoms with E-state index in [1.807, 2.05) is 61.3 Å². The van der Waals surface area contributed by atoms with E-state index in [9.17, 15) is 19.8 Å². The van der Waals surface area contributed by atoms with E-state index in [0.717, 1.165) is 37.6 Å². The minimum absolute atomic E-state index is 0.0612. The molecule has 6 aromatic rings. The Balaban J connectivity index is 0.969. The molecule has 4 aromatic carbocycles. The number of nitrogens with two attached hydrogens (primary N) is 1. The zero-order valence-electron chi connectivity index (χ0n) is 37.2. The molecule has 3 fully saturated rings. The fourth-order valence-corrected chi connectivity index (χ4v) is 9.62. The number of urea groups is 2. The van der Waals surface area contributed by atoms with Crippen molar-refractivity contribution in [3.8, 4) is 56.0 Å². The molecule has 0 radical (unpaired) electrons. The molecule has 67 heavy (non-hydrogen) atoms. The van der Waals surface area contributed by atoms with E-state index in [-0.39, 0.29) is 40.7 Å². The first-order valence-corrected chi connectivity index (χ1v) is 23.1. The van der Waals surface area contributed by atoms with Crippen LogP contribution in [0, 0.1) is 5.82 Å². The number of para-hydroxylation sites is 1. The average molecular weight is 946 g/mol. The van der Waals surface area contributed by atoms with E-state index in [4.69, 9.17) is 33.9 Å². The third-order valence-electron chi connectivity index (χ3n) is 12.7. The second-order valence-corrected chi connectivity index (χ2v) is 17.6. The van der Waals surface area contributed by atoms with E-state index in [2.05, 4.69) is 15.2 Å². The van der Waals surface area contributed by atoms with E-state index in [1.165, 1.54) is 12.1 Å². The highest BCUT2D eigenvalue weighted by Gasteiger charge is 2.33. The number of carbonyl (C=O) groups is 2. The predicted molar refractivity (Wildman–Crippen MR) is 264 cm³/mol. The van der Waals surface area contributed by atoms with Gasteiger partial charge in [-0.15, -0.1) is 0 Å². The zero-order valence-corrected chi connectivity index (χ0v) is 38.7. The smallest absolute Gasteiger partial charge is 0.325 e. The molecule has 17 heteroatoms. The third-order valence-corrected chi connectivity index (χ3v) is 13.3. The average Bonchev–Trinajstić information content (AvgIpc) is 3.89. The van der Waals surface area contributed by atoms with Gasteiger partial charge in [-0.2, -0.15) is 0 Å². The highest BCUT2D eigenvalue weighted by molar-refractivity contribution is 6.34.